The van der Waals surface area contributed by atoms with Crippen LogP contribution in [-0.2, 0) is 0 Å². The van der Waals surface area contributed by atoms with Gasteiger partial charge in [0.25, 0.3) is 0 Å². The van der Waals surface area contributed by atoms with Crippen LogP contribution in [0.15, 0.2) is 0 Å². The zero-order chi connectivity index (χ0) is 5.33. The Morgan fingerprint density at radius 2 is 2.14 bits per heavy atom. The van der Waals surface area contributed by atoms with Crippen molar-refractivity contribution in [2.75, 3.05) is 0 Å². The molecule has 0 heterocycles. The minimum atomic E-state index is 0.194. The van der Waals surface area contributed by atoms with Gasteiger partial charge < -0.3 is 0 Å². The van der Waals surface area contributed by atoms with E-state index >= 15 is 0 Å². The van der Waals surface area contributed by atoms with Gasteiger partial charge in [0.1, 0.15) is 0 Å². The minimum absolute atomic E-state index is 0.194. The third-order valence-electron chi connectivity index (χ3n) is 1.16. The lowest BCUT2D eigenvalue weighted by atomic mass is 10.4. The first-order chi connectivity index (χ1) is 3.21. The Morgan fingerprint density at radius 1 is 1.43 bits per heavy atom. The average Bonchev–Trinajstić information content (AvgIpc) is 1.84. The molecule has 0 spiro atoms. The number of alkyl halides is 2. The van der Waals surface area contributed by atoms with Gasteiger partial charge in [-0.1, -0.05) is 38.3 Å². The van der Waals surface area contributed by atoms with E-state index in [1.54, 1.807) is 0 Å². The average molecular weight is 227 g/mol. The zero-order valence-electron chi connectivity index (χ0n) is 3.95. The molecule has 7 heavy (non-hydrogen) atoms. The standard InChI is InChI=1S/C5H7Br2/c6-5(7)3-1-2-4-5/h3H,1-2,4H2. The Labute approximate surface area is 60.9 Å². The van der Waals surface area contributed by atoms with Crippen molar-refractivity contribution in [1.29, 1.82) is 0 Å². The fourth-order valence-electron chi connectivity index (χ4n) is 0.753. The summed E-state index contributed by atoms with van der Waals surface area (Å²) in [4.78, 5) is 0. The van der Waals surface area contributed by atoms with Gasteiger partial charge in [-0.05, 0) is 19.3 Å². The quantitative estimate of drug-likeness (QED) is 0.558. The third kappa shape index (κ3) is 1.73. The lowest BCUT2D eigenvalue weighted by molar-refractivity contribution is 0.883. The van der Waals surface area contributed by atoms with Gasteiger partial charge in [0.2, 0.25) is 0 Å². The molecule has 0 aromatic rings. The van der Waals surface area contributed by atoms with Gasteiger partial charge in [-0.25, -0.2) is 0 Å². The van der Waals surface area contributed by atoms with Gasteiger partial charge in [0, 0.05) is 0 Å². The topological polar surface area (TPSA) is 0 Å². The number of halogens is 2. The molecule has 0 bridgehead atoms. The van der Waals surface area contributed by atoms with Crippen molar-refractivity contribution in [3.05, 3.63) is 6.42 Å². The van der Waals surface area contributed by atoms with E-state index in [-0.39, 0.29) is 3.23 Å². The van der Waals surface area contributed by atoms with E-state index in [4.69, 9.17) is 0 Å². The van der Waals surface area contributed by atoms with E-state index in [0.717, 1.165) is 0 Å². The molecule has 1 aliphatic rings. The van der Waals surface area contributed by atoms with E-state index in [2.05, 4.69) is 38.3 Å². The molecule has 0 unspecified atom stereocenters. The predicted molar refractivity (Wildman–Crippen MR) is 38.7 cm³/mol. The minimum Gasteiger partial charge on any atom is -0.0724 e. The molecule has 0 amide bonds. The summed E-state index contributed by atoms with van der Waals surface area (Å²) in [5, 5.41) is 0. The molecule has 1 aliphatic carbocycles. The molecule has 0 nitrogen and oxygen atoms in total. The van der Waals surface area contributed by atoms with E-state index < -0.39 is 0 Å². The van der Waals surface area contributed by atoms with Crippen molar-refractivity contribution in [2.24, 2.45) is 0 Å². The van der Waals surface area contributed by atoms with Crippen molar-refractivity contribution in [3.63, 3.8) is 0 Å². The van der Waals surface area contributed by atoms with Crippen LogP contribution < -0.4 is 0 Å². The molecule has 2 heteroatoms. The van der Waals surface area contributed by atoms with Crippen molar-refractivity contribution in [2.45, 2.75) is 22.5 Å². The Bertz CT molecular complexity index is 60.5. The molecule has 1 rings (SSSR count). The van der Waals surface area contributed by atoms with Crippen molar-refractivity contribution >= 4 is 31.9 Å². The molecule has 0 aromatic carbocycles. The molecule has 1 fully saturated rings. The molecule has 0 aliphatic heterocycles. The maximum atomic E-state index is 3.50. The lowest BCUT2D eigenvalue weighted by Crippen LogP contribution is -2.01. The molecule has 0 aromatic heterocycles. The van der Waals surface area contributed by atoms with Crippen LogP contribution >= 0.6 is 31.9 Å². The van der Waals surface area contributed by atoms with Crippen molar-refractivity contribution in [3.8, 4) is 0 Å². The zero-order valence-corrected chi connectivity index (χ0v) is 7.13. The summed E-state index contributed by atoms with van der Waals surface area (Å²) in [6.45, 7) is 0. The van der Waals surface area contributed by atoms with E-state index in [1.165, 1.54) is 19.3 Å². The van der Waals surface area contributed by atoms with Crippen LogP contribution in [0.25, 0.3) is 0 Å². The van der Waals surface area contributed by atoms with Crippen LogP contribution in [0.2, 0.25) is 0 Å². The van der Waals surface area contributed by atoms with E-state index in [0.29, 0.717) is 0 Å². The molecule has 0 atom stereocenters. The van der Waals surface area contributed by atoms with Gasteiger partial charge in [-0.2, -0.15) is 0 Å². The number of rotatable bonds is 0. The summed E-state index contributed by atoms with van der Waals surface area (Å²) < 4.78 is 0.194. The first-order valence-corrected chi connectivity index (χ1v) is 4.01. The third-order valence-corrected chi connectivity index (χ3v) is 2.60. The highest BCUT2D eigenvalue weighted by molar-refractivity contribution is 9.25. The number of hydrogen-bond donors (Lipinski definition) is 0. The maximum absolute atomic E-state index is 3.50. The summed E-state index contributed by atoms with van der Waals surface area (Å²) in [6.07, 6.45) is 6.05. The van der Waals surface area contributed by atoms with Crippen LogP contribution in [-0.4, -0.2) is 3.23 Å². The summed E-state index contributed by atoms with van der Waals surface area (Å²) >= 11 is 7.01. The summed E-state index contributed by atoms with van der Waals surface area (Å²) in [7, 11) is 0. The first kappa shape index (κ1) is 6.09. The molecule has 0 saturated heterocycles. The Morgan fingerprint density at radius 3 is 2.29 bits per heavy atom. The normalized spacial score (nSPS) is 28.3. The second-order valence-corrected chi connectivity index (χ2v) is 5.75. The fourth-order valence-corrected chi connectivity index (χ4v) is 1.77. The molecule has 1 radical (unpaired) electrons. The highest BCUT2D eigenvalue weighted by Crippen LogP contribution is 2.41. The second kappa shape index (κ2) is 2.06. The Kier molecular flexibility index (Phi) is 1.79. The van der Waals surface area contributed by atoms with Crippen LogP contribution in [0.5, 0.6) is 0 Å². The van der Waals surface area contributed by atoms with E-state index in [9.17, 15) is 0 Å². The Hall–Kier alpha value is 0.960. The largest absolute Gasteiger partial charge is 0.0837 e. The molecular formula is C5H7Br2. The number of hydrogen-bond acceptors (Lipinski definition) is 0. The van der Waals surface area contributed by atoms with Crippen LogP contribution in [0.3, 0.4) is 0 Å². The van der Waals surface area contributed by atoms with Crippen molar-refractivity contribution in [1.82, 2.24) is 0 Å². The van der Waals surface area contributed by atoms with E-state index in [1.807, 2.05) is 0 Å². The molecular weight excluding hydrogens is 220 g/mol. The van der Waals surface area contributed by atoms with Crippen LogP contribution in [0.1, 0.15) is 19.3 Å². The first-order valence-electron chi connectivity index (χ1n) is 2.43. The summed E-state index contributed by atoms with van der Waals surface area (Å²) in [5.41, 5.74) is 0. The van der Waals surface area contributed by atoms with Crippen LogP contribution in [0, 0.1) is 6.42 Å². The summed E-state index contributed by atoms with van der Waals surface area (Å²) in [5.74, 6) is 0. The van der Waals surface area contributed by atoms with Crippen LogP contribution in [0.4, 0.5) is 0 Å². The summed E-state index contributed by atoms with van der Waals surface area (Å²) in [6, 6.07) is 0. The van der Waals surface area contributed by atoms with Gasteiger partial charge in [-0.3, -0.25) is 0 Å². The van der Waals surface area contributed by atoms with Crippen molar-refractivity contribution < 1.29 is 0 Å². The van der Waals surface area contributed by atoms with Gasteiger partial charge in [0.05, 0.1) is 3.23 Å². The van der Waals surface area contributed by atoms with Gasteiger partial charge in [0.15, 0.2) is 0 Å². The molecule has 0 N–H and O–H groups in total. The highest BCUT2D eigenvalue weighted by atomic mass is 79.9. The van der Waals surface area contributed by atoms with Gasteiger partial charge >= 0.3 is 0 Å². The SMILES string of the molecule is BrC1(Br)[CH]CCC1. The smallest absolute Gasteiger partial charge is 0.0724 e. The molecule has 1 saturated carbocycles. The predicted octanol–water partition coefficient (Wildman–Crippen LogP) is 2.86. The fraction of sp³-hybridized carbons (Fsp3) is 0.800. The Balaban J connectivity index is 2.40. The monoisotopic (exact) mass is 225 g/mol. The molecule has 41 valence electrons. The second-order valence-electron chi connectivity index (χ2n) is 1.86. The highest BCUT2D eigenvalue weighted by Gasteiger charge is 2.26. The maximum Gasteiger partial charge on any atom is 0.0837 e. The lowest BCUT2D eigenvalue weighted by Gasteiger charge is -2.07. The van der Waals surface area contributed by atoms with Gasteiger partial charge in [-0.15, -0.1) is 0 Å².